The molecule has 0 saturated heterocycles. The van der Waals surface area contributed by atoms with Gasteiger partial charge in [0.25, 0.3) is 5.91 Å². The molecule has 7 heteroatoms. The van der Waals surface area contributed by atoms with E-state index in [2.05, 4.69) is 24.3 Å². The molecule has 4 nitrogen and oxygen atoms in total. The molecule has 3 rings (SSSR count). The van der Waals surface area contributed by atoms with Crippen LogP contribution in [0.4, 0.5) is 8.78 Å². The van der Waals surface area contributed by atoms with Crippen LogP contribution in [-0.4, -0.2) is 23.8 Å². The Morgan fingerprint density at radius 1 is 1.34 bits per heavy atom. The number of nitrogens with zero attached hydrogens (tertiary/aromatic N) is 1. The zero-order valence-electron chi connectivity index (χ0n) is 18.5. The zero-order chi connectivity index (χ0) is 23.3. The average molecular weight is 461 g/mol. The van der Waals surface area contributed by atoms with Gasteiger partial charge < -0.3 is 9.84 Å². The van der Waals surface area contributed by atoms with Crippen molar-refractivity contribution in [3.05, 3.63) is 81.0 Å². The maximum Gasteiger partial charge on any atom is 0.273 e. The maximum absolute atomic E-state index is 14.0. The third kappa shape index (κ3) is 5.94. The highest BCUT2D eigenvalue weighted by atomic mass is 35.5. The minimum atomic E-state index is -1.26. The van der Waals surface area contributed by atoms with Crippen LogP contribution in [0.1, 0.15) is 60.5 Å². The average Bonchev–Trinajstić information content (AvgIpc) is 3.24. The SMILES string of the molecule is CC/C(C)=C(/CCNC(=O)c1cc(CC2=CC(F)=CCC2F)on1)c1cc(Cl)ccc1C. The second kappa shape index (κ2) is 10.7. The fourth-order valence-corrected chi connectivity index (χ4v) is 3.83. The van der Waals surface area contributed by atoms with Crippen molar-refractivity contribution in [2.75, 3.05) is 6.54 Å². The second-order valence-electron chi connectivity index (χ2n) is 7.94. The van der Waals surface area contributed by atoms with Crippen LogP contribution in [-0.2, 0) is 6.42 Å². The van der Waals surface area contributed by atoms with Crippen molar-refractivity contribution in [1.29, 1.82) is 0 Å². The van der Waals surface area contributed by atoms with Crippen LogP contribution in [0.3, 0.4) is 0 Å². The van der Waals surface area contributed by atoms with Gasteiger partial charge in [-0.3, -0.25) is 4.79 Å². The van der Waals surface area contributed by atoms with Crippen LogP contribution in [0.25, 0.3) is 5.57 Å². The first-order valence-corrected chi connectivity index (χ1v) is 11.1. The van der Waals surface area contributed by atoms with Gasteiger partial charge in [-0.25, -0.2) is 8.78 Å². The summed E-state index contributed by atoms with van der Waals surface area (Å²) in [7, 11) is 0. The van der Waals surface area contributed by atoms with Gasteiger partial charge in [0.1, 0.15) is 17.8 Å². The van der Waals surface area contributed by atoms with Crippen LogP contribution in [0.2, 0.25) is 5.02 Å². The fourth-order valence-electron chi connectivity index (χ4n) is 3.66. The number of rotatable bonds is 8. The van der Waals surface area contributed by atoms with E-state index in [4.69, 9.17) is 16.1 Å². The summed E-state index contributed by atoms with van der Waals surface area (Å²) in [5.41, 5.74) is 4.98. The maximum atomic E-state index is 14.0. The molecule has 170 valence electrons. The highest BCUT2D eigenvalue weighted by Crippen LogP contribution is 2.29. The van der Waals surface area contributed by atoms with Crippen molar-refractivity contribution < 1.29 is 18.1 Å². The Kier molecular flexibility index (Phi) is 8.02. The van der Waals surface area contributed by atoms with Gasteiger partial charge in [-0.1, -0.05) is 35.3 Å². The third-order valence-corrected chi connectivity index (χ3v) is 5.88. The van der Waals surface area contributed by atoms with Crippen molar-refractivity contribution in [3.8, 4) is 0 Å². The molecule has 1 unspecified atom stereocenters. The minimum Gasteiger partial charge on any atom is -0.360 e. The lowest BCUT2D eigenvalue weighted by Gasteiger charge is -2.15. The summed E-state index contributed by atoms with van der Waals surface area (Å²) < 4.78 is 32.5. The van der Waals surface area contributed by atoms with E-state index in [-0.39, 0.29) is 30.0 Å². The molecule has 1 aromatic heterocycles. The van der Waals surface area contributed by atoms with Gasteiger partial charge in [0.05, 0.1) is 0 Å². The first-order chi connectivity index (χ1) is 15.3. The Bertz CT molecular complexity index is 1090. The van der Waals surface area contributed by atoms with Gasteiger partial charge in [0, 0.05) is 30.5 Å². The molecular formula is C25H27ClF2N2O2. The topological polar surface area (TPSA) is 55.1 Å². The molecule has 32 heavy (non-hydrogen) atoms. The largest absolute Gasteiger partial charge is 0.360 e. The summed E-state index contributed by atoms with van der Waals surface area (Å²) in [6.45, 7) is 6.62. The highest BCUT2D eigenvalue weighted by Gasteiger charge is 2.20. The lowest BCUT2D eigenvalue weighted by atomic mass is 9.93. The first-order valence-electron chi connectivity index (χ1n) is 10.7. The summed E-state index contributed by atoms with van der Waals surface area (Å²) in [5, 5.41) is 7.31. The van der Waals surface area contributed by atoms with Crippen LogP contribution in [0, 0.1) is 6.92 Å². The molecular weight excluding hydrogens is 434 g/mol. The lowest BCUT2D eigenvalue weighted by molar-refractivity contribution is 0.0945. The third-order valence-electron chi connectivity index (χ3n) is 5.65. The molecule has 1 N–H and O–H groups in total. The molecule has 0 fully saturated rings. The molecule has 1 aromatic carbocycles. The van der Waals surface area contributed by atoms with E-state index in [1.165, 1.54) is 17.7 Å². The summed E-state index contributed by atoms with van der Waals surface area (Å²) in [6.07, 6.45) is 2.71. The number of hydrogen-bond donors (Lipinski definition) is 1. The smallest absolute Gasteiger partial charge is 0.273 e. The van der Waals surface area contributed by atoms with Gasteiger partial charge >= 0.3 is 0 Å². The standard InChI is InChI=1S/C25H27ClF2N2O2/c1-4-15(2)21(22-13-18(26)6-5-16(22)3)9-10-29-25(31)24-14-20(32-30-24)12-17-11-19(27)7-8-23(17)28/h5-7,11,13-14,23H,4,8-10,12H2,1-3H3,(H,29,31)/b21-15-. The minimum absolute atomic E-state index is 0.00171. The number of amides is 1. The van der Waals surface area contributed by atoms with E-state index in [0.29, 0.717) is 23.7 Å². The van der Waals surface area contributed by atoms with E-state index in [0.717, 1.165) is 29.2 Å². The van der Waals surface area contributed by atoms with E-state index < -0.39 is 12.0 Å². The van der Waals surface area contributed by atoms with Crippen LogP contribution in [0.5, 0.6) is 0 Å². The van der Waals surface area contributed by atoms with Crippen molar-refractivity contribution >= 4 is 23.1 Å². The van der Waals surface area contributed by atoms with Crippen molar-refractivity contribution in [2.24, 2.45) is 0 Å². The Morgan fingerprint density at radius 2 is 2.12 bits per heavy atom. The van der Waals surface area contributed by atoms with Gasteiger partial charge in [-0.2, -0.15) is 0 Å². The van der Waals surface area contributed by atoms with Gasteiger partial charge in [0.2, 0.25) is 0 Å². The van der Waals surface area contributed by atoms with Crippen LogP contribution < -0.4 is 5.32 Å². The van der Waals surface area contributed by atoms with E-state index in [1.54, 1.807) is 0 Å². The quantitative estimate of drug-likeness (QED) is 0.476. The molecule has 0 aliphatic heterocycles. The Labute approximate surface area is 192 Å². The van der Waals surface area contributed by atoms with E-state index in [9.17, 15) is 13.6 Å². The van der Waals surface area contributed by atoms with Crippen LogP contribution in [0.15, 0.2) is 57.9 Å². The molecule has 0 saturated carbocycles. The van der Waals surface area contributed by atoms with Gasteiger partial charge in [-0.15, -0.1) is 0 Å². The number of aryl methyl sites for hydroxylation is 1. The molecule has 0 radical (unpaired) electrons. The Morgan fingerprint density at radius 3 is 2.88 bits per heavy atom. The number of nitrogens with one attached hydrogen (secondary N) is 1. The Hall–Kier alpha value is -2.73. The molecule has 0 spiro atoms. The predicted molar refractivity (Wildman–Crippen MR) is 123 cm³/mol. The number of aromatic nitrogens is 1. The number of allylic oxidation sites excluding steroid dienone is 5. The zero-order valence-corrected chi connectivity index (χ0v) is 19.2. The molecule has 1 amide bonds. The fraction of sp³-hybridized carbons (Fsp3) is 0.360. The summed E-state index contributed by atoms with van der Waals surface area (Å²) >= 11 is 6.20. The predicted octanol–water partition coefficient (Wildman–Crippen LogP) is 6.70. The highest BCUT2D eigenvalue weighted by molar-refractivity contribution is 6.30. The summed E-state index contributed by atoms with van der Waals surface area (Å²) in [6, 6.07) is 7.27. The van der Waals surface area contributed by atoms with Gasteiger partial charge in [-0.05, 0) is 73.2 Å². The monoisotopic (exact) mass is 460 g/mol. The number of carbonyl (C=O) groups excluding carboxylic acids is 1. The first kappa shape index (κ1) is 23.9. The lowest BCUT2D eigenvalue weighted by Crippen LogP contribution is -2.25. The van der Waals surface area contributed by atoms with Crippen molar-refractivity contribution in [2.45, 2.75) is 52.6 Å². The number of halogens is 3. The number of carbonyl (C=O) groups is 1. The molecule has 2 aromatic rings. The number of alkyl halides is 1. The van der Waals surface area contributed by atoms with Crippen molar-refractivity contribution in [3.63, 3.8) is 0 Å². The van der Waals surface area contributed by atoms with Crippen molar-refractivity contribution in [1.82, 2.24) is 10.5 Å². The molecule has 1 heterocycles. The number of hydrogen-bond acceptors (Lipinski definition) is 3. The molecule has 1 aliphatic carbocycles. The summed E-state index contributed by atoms with van der Waals surface area (Å²) in [4.78, 5) is 12.5. The van der Waals surface area contributed by atoms with E-state index in [1.807, 2.05) is 25.1 Å². The van der Waals surface area contributed by atoms with Gasteiger partial charge in [0.15, 0.2) is 5.69 Å². The second-order valence-corrected chi connectivity index (χ2v) is 8.38. The van der Waals surface area contributed by atoms with E-state index >= 15 is 0 Å². The Balaban J connectivity index is 1.63. The normalized spacial score (nSPS) is 16.9. The summed E-state index contributed by atoms with van der Waals surface area (Å²) in [5.74, 6) is -0.528. The number of benzene rings is 1. The molecule has 0 bridgehead atoms. The molecule has 1 atom stereocenters. The molecule has 1 aliphatic rings. The van der Waals surface area contributed by atoms with Crippen LogP contribution >= 0.6 is 11.6 Å².